The van der Waals surface area contributed by atoms with Crippen LogP contribution >= 0.6 is 0 Å². The molecule has 2 heterocycles. The fourth-order valence-corrected chi connectivity index (χ4v) is 4.39. The number of nitriles is 1. The number of rotatable bonds is 4. The van der Waals surface area contributed by atoms with E-state index in [1.54, 1.807) is 6.92 Å². The average molecular weight is 415 g/mol. The van der Waals surface area contributed by atoms with Crippen LogP contribution in [0.4, 0.5) is 4.39 Å². The van der Waals surface area contributed by atoms with Gasteiger partial charge in [0.25, 0.3) is 5.56 Å². The van der Waals surface area contributed by atoms with Gasteiger partial charge in [0, 0.05) is 21.0 Å². The molecule has 0 aliphatic carbocycles. The first-order chi connectivity index (χ1) is 14.1. The predicted molar refractivity (Wildman–Crippen MR) is 107 cm³/mol. The van der Waals surface area contributed by atoms with E-state index >= 15 is 0 Å². The smallest absolute Gasteiger partial charge is 0.255 e. The van der Waals surface area contributed by atoms with Gasteiger partial charge in [0.2, 0.25) is 18.5 Å². The van der Waals surface area contributed by atoms with Crippen LogP contribution in [0.2, 0.25) is 0 Å². The molecule has 0 radical (unpaired) electrons. The van der Waals surface area contributed by atoms with Gasteiger partial charge in [-0.1, -0.05) is 6.92 Å². The second kappa shape index (κ2) is 8.22. The Morgan fingerprint density at radius 2 is 2.20 bits per heavy atom. The van der Waals surface area contributed by atoms with Crippen LogP contribution in [0.3, 0.4) is 0 Å². The van der Waals surface area contributed by atoms with Crippen molar-refractivity contribution in [1.82, 2.24) is 10.3 Å². The summed E-state index contributed by atoms with van der Waals surface area (Å²) in [4.78, 5) is 39.9. The number of aromatic nitrogens is 1. The molecule has 1 fully saturated rings. The first-order valence-electron chi connectivity index (χ1n) is 9.79. The Morgan fingerprint density at radius 1 is 1.50 bits per heavy atom. The molecule has 0 saturated carbocycles. The summed E-state index contributed by atoms with van der Waals surface area (Å²) in [5, 5.41) is 22.5. The molecule has 1 aliphatic rings. The third kappa shape index (κ3) is 3.90. The lowest BCUT2D eigenvalue weighted by molar-refractivity contribution is -0.611. The zero-order valence-corrected chi connectivity index (χ0v) is 17.0. The van der Waals surface area contributed by atoms with Crippen LogP contribution < -0.4 is 10.9 Å². The summed E-state index contributed by atoms with van der Waals surface area (Å²) in [7, 11) is 0. The van der Waals surface area contributed by atoms with Gasteiger partial charge in [-0.05, 0) is 38.0 Å². The van der Waals surface area contributed by atoms with Crippen molar-refractivity contribution in [3.8, 4) is 11.8 Å². The molecule has 1 aromatic heterocycles. The maximum atomic E-state index is 13.9. The number of nitrogens with one attached hydrogen (secondary N) is 2. The summed E-state index contributed by atoms with van der Waals surface area (Å²) in [5.74, 6) is -1.94. The monoisotopic (exact) mass is 415 g/mol. The number of carbonyl (C=O) groups is 1. The predicted octanol–water partition coefficient (Wildman–Crippen LogP) is 2.06. The molecule has 1 aliphatic heterocycles. The molecular weight excluding hydrogens is 391 g/mol. The van der Waals surface area contributed by atoms with Crippen molar-refractivity contribution >= 4 is 16.8 Å². The minimum atomic E-state index is -0.637. The van der Waals surface area contributed by atoms with E-state index in [-0.39, 0.29) is 40.4 Å². The highest BCUT2D eigenvalue weighted by molar-refractivity contribution is 5.90. The number of fused-ring (bicyclic) bond motifs is 1. The van der Waals surface area contributed by atoms with Crippen molar-refractivity contribution in [1.29, 1.82) is 5.26 Å². The number of aryl methyl sites for hydroxylation is 1. The number of hydrogen-bond donors (Lipinski definition) is 3. The van der Waals surface area contributed by atoms with E-state index < -0.39 is 41.5 Å². The lowest BCUT2D eigenvalue weighted by Crippen LogP contribution is -2.53. The Kier molecular flexibility index (Phi) is 5.87. The minimum absolute atomic E-state index is 0.0850. The molecule has 3 rings (SSSR count). The number of pyridine rings is 1. The fourth-order valence-electron chi connectivity index (χ4n) is 4.39. The number of carbonyl (C=O) groups excluding carboxylic acids is 1. The standard InChI is InChI=1S/C21H23FN4O4/c1-10-6-13(8-23)9-26(30)19(10)12(3)24-17(27)7-14-20(28)18-11(2)15(22)4-5-16(18)25-21(14)29/h4-5,10,12-13,19H,6-7,9H2,1-3H3,(H2-,24,25,27,28,29)/p+1/t10?,12-,13?,19?/m1/s1. The number of aromatic amines is 1. The Labute approximate surface area is 172 Å². The summed E-state index contributed by atoms with van der Waals surface area (Å²) >= 11 is 0. The summed E-state index contributed by atoms with van der Waals surface area (Å²) in [6, 6.07) is 3.63. The van der Waals surface area contributed by atoms with Gasteiger partial charge in [-0.2, -0.15) is 5.26 Å². The largest absolute Gasteiger partial charge is 0.507 e. The zero-order chi connectivity index (χ0) is 22.2. The Bertz CT molecular complexity index is 1120. The Balaban J connectivity index is 1.81. The number of benzene rings is 1. The van der Waals surface area contributed by atoms with Gasteiger partial charge in [-0.15, -0.1) is 0 Å². The van der Waals surface area contributed by atoms with Crippen molar-refractivity contribution in [2.45, 2.75) is 45.7 Å². The topological polar surface area (TPSA) is 126 Å². The maximum Gasteiger partial charge on any atom is 0.255 e. The highest BCUT2D eigenvalue weighted by Crippen LogP contribution is 2.30. The second-order valence-corrected chi connectivity index (χ2v) is 8.04. The zero-order valence-electron chi connectivity index (χ0n) is 17.0. The van der Waals surface area contributed by atoms with E-state index in [1.807, 2.05) is 6.92 Å². The van der Waals surface area contributed by atoms with Crippen LogP contribution in [0, 0.1) is 40.8 Å². The van der Waals surface area contributed by atoms with Gasteiger partial charge >= 0.3 is 0 Å². The van der Waals surface area contributed by atoms with Crippen LogP contribution in [-0.4, -0.2) is 39.4 Å². The van der Waals surface area contributed by atoms with E-state index in [2.05, 4.69) is 16.4 Å². The molecule has 1 aromatic carbocycles. The second-order valence-electron chi connectivity index (χ2n) is 8.04. The summed E-state index contributed by atoms with van der Waals surface area (Å²) in [6.45, 7) is 5.12. The van der Waals surface area contributed by atoms with Gasteiger partial charge in [0.05, 0.1) is 29.6 Å². The Hall–Kier alpha value is -3.28. The number of piperidine rings is 1. The summed E-state index contributed by atoms with van der Waals surface area (Å²) in [6.07, 6.45) is 0.147. The molecule has 1 amide bonds. The van der Waals surface area contributed by atoms with Crippen LogP contribution in [-0.2, 0) is 11.2 Å². The number of amides is 1. The van der Waals surface area contributed by atoms with Crippen LogP contribution in [0.1, 0.15) is 31.4 Å². The molecular formula is C21H24FN4O4+. The maximum absolute atomic E-state index is 13.9. The molecule has 0 bridgehead atoms. The van der Waals surface area contributed by atoms with Crippen molar-refractivity contribution in [2.75, 3.05) is 6.54 Å². The molecule has 8 nitrogen and oxygen atoms in total. The highest BCUT2D eigenvalue weighted by atomic mass is 19.1. The van der Waals surface area contributed by atoms with Gasteiger partial charge in [-0.3, -0.25) is 9.59 Å². The van der Waals surface area contributed by atoms with Crippen molar-refractivity contribution in [3.05, 3.63) is 44.3 Å². The number of hydrogen-bond acceptors (Lipinski definition) is 5. The molecule has 158 valence electrons. The van der Waals surface area contributed by atoms with Crippen LogP contribution in [0.25, 0.3) is 10.9 Å². The molecule has 0 spiro atoms. The molecule has 3 unspecified atom stereocenters. The van der Waals surface area contributed by atoms with Gasteiger partial charge < -0.3 is 15.4 Å². The van der Waals surface area contributed by atoms with E-state index in [4.69, 9.17) is 5.26 Å². The fraction of sp³-hybridized carbons (Fsp3) is 0.476. The molecule has 2 aromatic rings. The normalized spacial score (nSPS) is 22.5. The van der Waals surface area contributed by atoms with E-state index in [9.17, 15) is 24.0 Å². The SMILES string of the molecule is Cc1c(F)ccc2[nH]c(=O)c(CC(=O)N[C@H](C)C3C(C)CC(C#N)C[N+]3=O)c(O)c12. The molecule has 30 heavy (non-hydrogen) atoms. The lowest BCUT2D eigenvalue weighted by atomic mass is 9.83. The first kappa shape index (κ1) is 21.4. The van der Waals surface area contributed by atoms with Crippen molar-refractivity contribution in [2.24, 2.45) is 11.8 Å². The molecule has 4 atom stereocenters. The van der Waals surface area contributed by atoms with Crippen molar-refractivity contribution in [3.63, 3.8) is 0 Å². The first-order valence-corrected chi connectivity index (χ1v) is 9.79. The molecule has 3 N–H and O–H groups in total. The van der Waals surface area contributed by atoms with Gasteiger partial charge in [0.15, 0.2) is 0 Å². The quantitative estimate of drug-likeness (QED) is 0.659. The highest BCUT2D eigenvalue weighted by Gasteiger charge is 2.44. The number of H-pyrrole nitrogens is 1. The third-order valence-corrected chi connectivity index (χ3v) is 5.84. The number of nitroso groups, excluding NO2 is 1. The Morgan fingerprint density at radius 3 is 2.83 bits per heavy atom. The van der Waals surface area contributed by atoms with Crippen molar-refractivity contribution < 1.29 is 19.1 Å². The minimum Gasteiger partial charge on any atom is -0.507 e. The molecule has 1 saturated heterocycles. The average Bonchev–Trinajstić information content (AvgIpc) is 2.67. The van der Waals surface area contributed by atoms with Crippen LogP contribution in [0.15, 0.2) is 16.9 Å². The van der Waals surface area contributed by atoms with Crippen LogP contribution in [0.5, 0.6) is 5.75 Å². The van der Waals surface area contributed by atoms with Gasteiger partial charge in [-0.25, -0.2) is 4.39 Å². The molecule has 9 heteroatoms. The number of nitrogens with zero attached hydrogens (tertiary/aromatic N) is 2. The lowest BCUT2D eigenvalue weighted by Gasteiger charge is -2.28. The van der Waals surface area contributed by atoms with E-state index in [1.165, 1.54) is 19.1 Å². The van der Waals surface area contributed by atoms with Gasteiger partial charge in [0.1, 0.15) is 17.5 Å². The summed E-state index contributed by atoms with van der Waals surface area (Å²) in [5.41, 5.74) is -0.358. The summed E-state index contributed by atoms with van der Waals surface area (Å²) < 4.78 is 14.7. The van der Waals surface area contributed by atoms with E-state index in [0.29, 0.717) is 6.42 Å². The third-order valence-electron chi connectivity index (χ3n) is 5.84. The number of aromatic hydroxyl groups is 1. The number of halogens is 1. The van der Waals surface area contributed by atoms with E-state index in [0.717, 1.165) is 4.76 Å².